The Morgan fingerprint density at radius 1 is 1.00 bits per heavy atom. The molecule has 0 bridgehead atoms. The largest absolute Gasteiger partial charge is 0.392 e. The molecule has 8 heteroatoms. The van der Waals surface area contributed by atoms with E-state index in [-0.39, 0.29) is 30.6 Å². The van der Waals surface area contributed by atoms with Gasteiger partial charge in [-0.1, -0.05) is 74.0 Å². The van der Waals surface area contributed by atoms with Gasteiger partial charge in [0.05, 0.1) is 23.7 Å². The fourth-order valence-corrected chi connectivity index (χ4v) is 10.0. The maximum atomic E-state index is 13.8. The summed E-state index contributed by atoms with van der Waals surface area (Å²) in [4.78, 5) is 24.9. The molecule has 7 nitrogen and oxygen atoms in total. The molecule has 0 spiro atoms. The van der Waals surface area contributed by atoms with Crippen molar-refractivity contribution in [3.63, 3.8) is 0 Å². The number of hydrogen-bond acceptors (Lipinski definition) is 7. The Morgan fingerprint density at radius 2 is 1.66 bits per heavy atom. The lowest BCUT2D eigenvalue weighted by Crippen LogP contribution is -2.69. The fraction of sp³-hybridized carbons (Fsp3) is 0.500. The minimum absolute atomic E-state index is 0.0148. The number of benzene rings is 2. The molecule has 3 N–H and O–H groups in total. The number of carbonyl (C=O) groups excluding carboxylic acids is 2. The molecule has 4 aliphatic carbocycles. The van der Waals surface area contributed by atoms with Crippen molar-refractivity contribution in [3.8, 4) is 0 Å². The number of fused-ring (bicyclic) bond motifs is 7. The second-order valence-corrected chi connectivity index (χ2v) is 14.4. The molecule has 1 aliphatic heterocycles. The highest BCUT2D eigenvalue weighted by Crippen LogP contribution is 2.73. The van der Waals surface area contributed by atoms with E-state index < -0.39 is 52.2 Å². The monoisotopic (exact) mass is 618 g/mol. The Labute approximate surface area is 262 Å². The van der Waals surface area contributed by atoms with Crippen LogP contribution in [0, 0.1) is 22.7 Å². The standard InChI is InChI=1S/C36H39ClO7/c1-33-14-13-26(40)16-25(33)11-12-27-28-17-31-36(30(42)20-39,34(28,2)18-29(41)35(27,33)37)44-32(43-31)24-9-7-22(8-10-24)15-21-3-5-23(19-38)6-4-21/h3-10,13-14,16,27-29,31-32,38-39,41H,11-12,15,17-20H2,1-2H3/t27-,28-,29-,31+,32+,33-,34-,35-,36+/m0/s1. The van der Waals surface area contributed by atoms with Gasteiger partial charge in [0.25, 0.3) is 0 Å². The van der Waals surface area contributed by atoms with Crippen LogP contribution in [0.2, 0.25) is 0 Å². The number of aliphatic hydroxyl groups is 3. The van der Waals surface area contributed by atoms with Gasteiger partial charge in [-0.3, -0.25) is 9.59 Å². The summed E-state index contributed by atoms with van der Waals surface area (Å²) >= 11 is 7.57. The zero-order chi connectivity index (χ0) is 31.1. The molecular formula is C36H39ClO7. The smallest absolute Gasteiger partial charge is 0.193 e. The summed E-state index contributed by atoms with van der Waals surface area (Å²) in [5.74, 6) is -0.762. The highest BCUT2D eigenvalue weighted by Gasteiger charge is 2.78. The molecule has 0 radical (unpaired) electrons. The van der Waals surface area contributed by atoms with Crippen molar-refractivity contribution in [1.29, 1.82) is 0 Å². The molecule has 0 unspecified atom stereocenters. The van der Waals surface area contributed by atoms with Gasteiger partial charge in [-0.2, -0.15) is 0 Å². The summed E-state index contributed by atoms with van der Waals surface area (Å²) < 4.78 is 13.3. The lowest BCUT2D eigenvalue weighted by Gasteiger charge is -2.64. The van der Waals surface area contributed by atoms with E-state index in [1.54, 1.807) is 12.2 Å². The van der Waals surface area contributed by atoms with Crippen LogP contribution < -0.4 is 0 Å². The van der Waals surface area contributed by atoms with Gasteiger partial charge in [0.2, 0.25) is 0 Å². The first kappa shape index (κ1) is 30.0. The first-order valence-corrected chi connectivity index (χ1v) is 15.9. The Morgan fingerprint density at radius 3 is 2.32 bits per heavy atom. The van der Waals surface area contributed by atoms with Crippen LogP contribution in [0.15, 0.2) is 72.3 Å². The Bertz CT molecular complexity index is 1550. The molecule has 3 saturated carbocycles. The van der Waals surface area contributed by atoms with Gasteiger partial charge >= 0.3 is 0 Å². The maximum absolute atomic E-state index is 13.8. The van der Waals surface area contributed by atoms with E-state index in [0.717, 1.165) is 34.2 Å². The number of ketones is 2. The molecule has 9 atom stereocenters. The van der Waals surface area contributed by atoms with E-state index in [4.69, 9.17) is 21.1 Å². The summed E-state index contributed by atoms with van der Waals surface area (Å²) in [6, 6.07) is 15.8. The lowest BCUT2D eigenvalue weighted by atomic mass is 9.45. The predicted octanol–water partition coefficient (Wildman–Crippen LogP) is 4.73. The van der Waals surface area contributed by atoms with Gasteiger partial charge in [0, 0.05) is 16.4 Å². The molecule has 4 fully saturated rings. The molecule has 7 rings (SSSR count). The van der Waals surface area contributed by atoms with Gasteiger partial charge in [-0.15, -0.1) is 11.6 Å². The summed E-state index contributed by atoms with van der Waals surface area (Å²) in [6.07, 6.45) is 5.48. The summed E-state index contributed by atoms with van der Waals surface area (Å²) in [5.41, 5.74) is 1.86. The van der Waals surface area contributed by atoms with Crippen molar-refractivity contribution in [1.82, 2.24) is 0 Å². The topological polar surface area (TPSA) is 113 Å². The van der Waals surface area contributed by atoms with Gasteiger partial charge in [0.15, 0.2) is 23.5 Å². The van der Waals surface area contributed by atoms with Crippen molar-refractivity contribution in [2.45, 2.75) is 81.5 Å². The average molecular weight is 619 g/mol. The zero-order valence-electron chi connectivity index (χ0n) is 25.0. The number of hydrogen-bond donors (Lipinski definition) is 3. The lowest BCUT2D eigenvalue weighted by molar-refractivity contribution is -0.197. The van der Waals surface area contributed by atoms with E-state index in [9.17, 15) is 24.9 Å². The van der Waals surface area contributed by atoms with Crippen LogP contribution in [-0.2, 0) is 32.1 Å². The SMILES string of the molecule is C[C@]12C=CC(=O)C=C1CC[C@H]1[C@@H]3C[C@H]4O[C@@H](c5ccc(Cc6ccc(CO)cc6)cc5)O[C@@]4(C(=O)CO)[C@@]3(C)C[C@H](O)[C@@]12Cl. The third kappa shape index (κ3) is 4.00. The summed E-state index contributed by atoms with van der Waals surface area (Å²) in [6.45, 7) is 3.33. The number of carbonyl (C=O) groups is 2. The number of aliphatic hydroxyl groups excluding tert-OH is 3. The van der Waals surface area contributed by atoms with Crippen LogP contribution in [0.5, 0.6) is 0 Å². The minimum Gasteiger partial charge on any atom is -0.392 e. The number of allylic oxidation sites excluding steroid dienone is 4. The third-order valence-electron chi connectivity index (χ3n) is 11.8. The molecule has 2 aromatic rings. The van der Waals surface area contributed by atoms with Crippen molar-refractivity contribution < 1.29 is 34.4 Å². The Hall–Kier alpha value is -2.65. The number of halogens is 1. The second-order valence-electron chi connectivity index (χ2n) is 13.8. The van der Waals surface area contributed by atoms with E-state index >= 15 is 0 Å². The normalized spacial score (nSPS) is 40.5. The number of rotatable bonds is 6. The van der Waals surface area contributed by atoms with Gasteiger partial charge < -0.3 is 24.8 Å². The van der Waals surface area contributed by atoms with Crippen LogP contribution >= 0.6 is 11.6 Å². The Kier molecular flexibility index (Phi) is 7.13. The van der Waals surface area contributed by atoms with Crippen LogP contribution in [-0.4, -0.2) is 56.2 Å². The van der Waals surface area contributed by atoms with E-state index in [1.807, 2.05) is 68.5 Å². The average Bonchev–Trinajstić information content (AvgIpc) is 3.52. The van der Waals surface area contributed by atoms with Gasteiger partial charge in [0.1, 0.15) is 6.61 Å². The maximum Gasteiger partial charge on any atom is 0.193 e. The van der Waals surface area contributed by atoms with Crippen LogP contribution in [0.1, 0.15) is 68.1 Å². The minimum atomic E-state index is -1.43. The van der Waals surface area contributed by atoms with Crippen molar-refractivity contribution in [2.75, 3.05) is 6.61 Å². The molecule has 44 heavy (non-hydrogen) atoms. The van der Waals surface area contributed by atoms with Crippen LogP contribution in [0.4, 0.5) is 0 Å². The first-order valence-electron chi connectivity index (χ1n) is 15.6. The van der Waals surface area contributed by atoms with Crippen molar-refractivity contribution >= 4 is 23.2 Å². The third-order valence-corrected chi connectivity index (χ3v) is 12.7. The summed E-state index contributed by atoms with van der Waals surface area (Å²) in [7, 11) is 0. The molecular weight excluding hydrogens is 580 g/mol. The van der Waals surface area contributed by atoms with Crippen LogP contribution in [0.3, 0.4) is 0 Å². The van der Waals surface area contributed by atoms with Crippen molar-refractivity contribution in [3.05, 3.63) is 94.6 Å². The highest BCUT2D eigenvalue weighted by molar-refractivity contribution is 6.26. The van der Waals surface area contributed by atoms with Crippen LogP contribution in [0.25, 0.3) is 0 Å². The van der Waals surface area contributed by atoms with E-state index in [2.05, 4.69) is 0 Å². The fourth-order valence-electron chi connectivity index (χ4n) is 9.51. The number of alkyl halides is 1. The quantitative estimate of drug-likeness (QED) is 0.401. The second kappa shape index (κ2) is 10.4. The summed E-state index contributed by atoms with van der Waals surface area (Å²) in [5, 5.41) is 31.5. The van der Waals surface area contributed by atoms with E-state index in [0.29, 0.717) is 19.3 Å². The number of ether oxygens (including phenoxy) is 2. The first-order chi connectivity index (χ1) is 21.0. The molecule has 232 valence electrons. The molecule has 1 heterocycles. The predicted molar refractivity (Wildman–Crippen MR) is 164 cm³/mol. The highest BCUT2D eigenvalue weighted by atomic mass is 35.5. The molecule has 5 aliphatic rings. The molecule has 0 aromatic heterocycles. The Balaban J connectivity index is 1.18. The molecule has 0 amide bonds. The zero-order valence-corrected chi connectivity index (χ0v) is 25.8. The molecule has 1 saturated heterocycles. The van der Waals surface area contributed by atoms with Gasteiger partial charge in [-0.05, 0) is 72.8 Å². The number of Topliss-reactive ketones (excluding diaryl/α,β-unsaturated/α-hetero) is 1. The van der Waals surface area contributed by atoms with E-state index in [1.165, 1.54) is 0 Å². The van der Waals surface area contributed by atoms with Gasteiger partial charge in [-0.25, -0.2) is 0 Å². The molecule has 2 aromatic carbocycles. The van der Waals surface area contributed by atoms with Crippen molar-refractivity contribution in [2.24, 2.45) is 22.7 Å².